The number of hydrogen-bond acceptors (Lipinski definition) is 6. The standard InChI is InChI=1S/C28H28N2O5/c1-17-7-6-8-20(15-17)30-25(18-9-11-19(12-10-18)29(2)3)24(27(32)28(30)33)26(31)22-16-21(34-4)13-14-23(22)35-5/h6-16,25,31H,1-5H3/b26-24+. The van der Waals surface area contributed by atoms with Gasteiger partial charge in [0.25, 0.3) is 11.7 Å². The van der Waals surface area contributed by atoms with Crippen molar-refractivity contribution in [1.29, 1.82) is 0 Å². The molecule has 0 aromatic heterocycles. The molecule has 1 unspecified atom stereocenters. The summed E-state index contributed by atoms with van der Waals surface area (Å²) >= 11 is 0. The molecule has 3 aromatic carbocycles. The molecule has 0 aliphatic carbocycles. The largest absolute Gasteiger partial charge is 0.507 e. The number of anilines is 2. The molecule has 1 heterocycles. The van der Waals surface area contributed by atoms with Gasteiger partial charge in [-0.3, -0.25) is 14.5 Å². The number of rotatable bonds is 6. The second kappa shape index (κ2) is 9.54. The minimum absolute atomic E-state index is 0.0133. The average Bonchev–Trinajstić information content (AvgIpc) is 3.13. The Morgan fingerprint density at radius 2 is 1.66 bits per heavy atom. The fraction of sp³-hybridized carbons (Fsp3) is 0.214. The number of Topliss-reactive ketones (excluding diaryl/α,β-unsaturated/α-hetero) is 1. The quantitative estimate of drug-likeness (QED) is 0.318. The van der Waals surface area contributed by atoms with Crippen LogP contribution in [0.15, 0.2) is 72.3 Å². The Kier molecular flexibility index (Phi) is 6.51. The summed E-state index contributed by atoms with van der Waals surface area (Å²) in [4.78, 5) is 30.2. The zero-order chi connectivity index (χ0) is 25.3. The number of benzene rings is 3. The summed E-state index contributed by atoms with van der Waals surface area (Å²) in [6, 6.07) is 19.0. The molecule has 0 radical (unpaired) electrons. The molecule has 0 saturated carbocycles. The predicted molar refractivity (Wildman–Crippen MR) is 136 cm³/mol. The highest BCUT2D eigenvalue weighted by Crippen LogP contribution is 2.44. The third kappa shape index (κ3) is 4.33. The van der Waals surface area contributed by atoms with Gasteiger partial charge in [0.05, 0.1) is 31.4 Å². The lowest BCUT2D eigenvalue weighted by molar-refractivity contribution is -0.132. The zero-order valence-electron chi connectivity index (χ0n) is 20.4. The Hall–Kier alpha value is -4.26. The maximum atomic E-state index is 13.4. The van der Waals surface area contributed by atoms with Crippen molar-refractivity contribution in [3.8, 4) is 11.5 Å². The first-order chi connectivity index (χ1) is 16.8. The minimum atomic E-state index is -0.830. The first kappa shape index (κ1) is 23.9. The number of hydrogen-bond donors (Lipinski definition) is 1. The highest BCUT2D eigenvalue weighted by Gasteiger charge is 2.47. The lowest BCUT2D eigenvalue weighted by atomic mass is 9.94. The van der Waals surface area contributed by atoms with Crippen molar-refractivity contribution in [2.45, 2.75) is 13.0 Å². The molecule has 7 nitrogen and oxygen atoms in total. The monoisotopic (exact) mass is 472 g/mol. The SMILES string of the molecule is COc1ccc(OC)c(/C(O)=C2\C(=O)C(=O)N(c3cccc(C)c3)C2c2ccc(N(C)C)cc2)c1. The Labute approximate surface area is 204 Å². The van der Waals surface area contributed by atoms with E-state index in [-0.39, 0.29) is 16.9 Å². The van der Waals surface area contributed by atoms with Crippen molar-refractivity contribution in [3.63, 3.8) is 0 Å². The van der Waals surface area contributed by atoms with Gasteiger partial charge in [-0.25, -0.2) is 0 Å². The fourth-order valence-corrected chi connectivity index (χ4v) is 4.29. The second-order valence-corrected chi connectivity index (χ2v) is 8.56. The van der Waals surface area contributed by atoms with Crippen LogP contribution in [0.2, 0.25) is 0 Å². The fourth-order valence-electron chi connectivity index (χ4n) is 4.29. The summed E-state index contributed by atoms with van der Waals surface area (Å²) in [6.07, 6.45) is 0. The molecular weight excluding hydrogens is 444 g/mol. The topological polar surface area (TPSA) is 79.3 Å². The van der Waals surface area contributed by atoms with Gasteiger partial charge in [0.1, 0.15) is 17.3 Å². The molecule has 1 aliphatic heterocycles. The van der Waals surface area contributed by atoms with E-state index in [9.17, 15) is 14.7 Å². The predicted octanol–water partition coefficient (Wildman–Crippen LogP) is 4.70. The maximum Gasteiger partial charge on any atom is 0.300 e. The molecule has 0 spiro atoms. The molecule has 3 aromatic rings. The number of aliphatic hydroxyl groups is 1. The van der Waals surface area contributed by atoms with Gasteiger partial charge in [-0.15, -0.1) is 0 Å². The molecule has 1 N–H and O–H groups in total. The van der Waals surface area contributed by atoms with Crippen LogP contribution in [0.5, 0.6) is 11.5 Å². The van der Waals surface area contributed by atoms with E-state index in [1.807, 2.05) is 68.4 Å². The Morgan fingerprint density at radius 3 is 2.26 bits per heavy atom. The molecule has 35 heavy (non-hydrogen) atoms. The van der Waals surface area contributed by atoms with Crippen LogP contribution < -0.4 is 19.3 Å². The lowest BCUT2D eigenvalue weighted by Gasteiger charge is -2.26. The third-order valence-electron chi connectivity index (χ3n) is 6.11. The number of methoxy groups -OCH3 is 2. The molecule has 1 atom stereocenters. The highest BCUT2D eigenvalue weighted by molar-refractivity contribution is 6.51. The van der Waals surface area contributed by atoms with Gasteiger partial charge in [0.15, 0.2) is 0 Å². The van der Waals surface area contributed by atoms with Crippen LogP contribution in [-0.4, -0.2) is 45.1 Å². The molecule has 0 bridgehead atoms. The van der Waals surface area contributed by atoms with Crippen LogP contribution in [0.4, 0.5) is 11.4 Å². The van der Waals surface area contributed by atoms with Crippen LogP contribution in [-0.2, 0) is 9.59 Å². The van der Waals surface area contributed by atoms with Gasteiger partial charge in [-0.05, 0) is 60.5 Å². The number of aliphatic hydroxyl groups excluding tert-OH is 1. The molecule has 1 amide bonds. The van der Waals surface area contributed by atoms with Gasteiger partial charge in [0, 0.05) is 25.5 Å². The van der Waals surface area contributed by atoms with E-state index < -0.39 is 17.7 Å². The van der Waals surface area contributed by atoms with Crippen LogP contribution in [0, 0.1) is 6.92 Å². The van der Waals surface area contributed by atoms with Crippen molar-refractivity contribution in [2.75, 3.05) is 38.1 Å². The molecule has 4 rings (SSSR count). The van der Waals surface area contributed by atoms with E-state index in [1.165, 1.54) is 19.1 Å². The Bertz CT molecular complexity index is 1310. The summed E-state index contributed by atoms with van der Waals surface area (Å²) in [7, 11) is 6.85. The summed E-state index contributed by atoms with van der Waals surface area (Å²) in [5.74, 6) is -0.967. The third-order valence-corrected chi connectivity index (χ3v) is 6.11. The van der Waals surface area contributed by atoms with Crippen molar-refractivity contribution >= 4 is 28.8 Å². The van der Waals surface area contributed by atoms with Gasteiger partial charge < -0.3 is 19.5 Å². The van der Waals surface area contributed by atoms with Crippen LogP contribution in [0.25, 0.3) is 5.76 Å². The molecule has 1 fully saturated rings. The first-order valence-corrected chi connectivity index (χ1v) is 11.1. The Morgan fingerprint density at radius 1 is 0.943 bits per heavy atom. The van der Waals surface area contributed by atoms with Gasteiger partial charge in [0.2, 0.25) is 0 Å². The molecular formula is C28H28N2O5. The highest BCUT2D eigenvalue weighted by atomic mass is 16.5. The van der Waals surface area contributed by atoms with Crippen LogP contribution in [0.3, 0.4) is 0 Å². The normalized spacial score (nSPS) is 16.9. The van der Waals surface area contributed by atoms with E-state index in [2.05, 4.69) is 0 Å². The van der Waals surface area contributed by atoms with Crippen molar-refractivity contribution in [3.05, 3.63) is 89.0 Å². The first-order valence-electron chi connectivity index (χ1n) is 11.1. The number of carbonyl (C=O) groups excluding carboxylic acids is 2. The van der Waals surface area contributed by atoms with Crippen LogP contribution in [0.1, 0.15) is 22.7 Å². The van der Waals surface area contributed by atoms with Gasteiger partial charge in [-0.1, -0.05) is 24.3 Å². The summed E-state index contributed by atoms with van der Waals surface area (Å²) < 4.78 is 10.7. The molecule has 1 saturated heterocycles. The van der Waals surface area contributed by atoms with Crippen LogP contribution >= 0.6 is 0 Å². The number of aryl methyl sites for hydroxylation is 1. The molecule has 7 heteroatoms. The van der Waals surface area contributed by atoms with E-state index in [0.29, 0.717) is 22.7 Å². The van der Waals surface area contributed by atoms with Crippen molar-refractivity contribution in [2.24, 2.45) is 0 Å². The van der Waals surface area contributed by atoms with E-state index in [1.54, 1.807) is 24.3 Å². The van der Waals surface area contributed by atoms with E-state index in [0.717, 1.165) is 11.3 Å². The molecule has 1 aliphatic rings. The number of ketones is 1. The summed E-state index contributed by atoms with van der Waals surface area (Å²) in [5.41, 5.74) is 3.44. The van der Waals surface area contributed by atoms with E-state index in [4.69, 9.17) is 9.47 Å². The molecule has 180 valence electrons. The van der Waals surface area contributed by atoms with Gasteiger partial charge >= 0.3 is 0 Å². The smallest absolute Gasteiger partial charge is 0.300 e. The van der Waals surface area contributed by atoms with Crippen molar-refractivity contribution in [1.82, 2.24) is 0 Å². The van der Waals surface area contributed by atoms with E-state index >= 15 is 0 Å². The number of amides is 1. The average molecular weight is 473 g/mol. The lowest BCUT2D eigenvalue weighted by Crippen LogP contribution is -2.29. The summed E-state index contributed by atoms with van der Waals surface area (Å²) in [6.45, 7) is 1.92. The minimum Gasteiger partial charge on any atom is -0.507 e. The number of nitrogens with zero attached hydrogens (tertiary/aromatic N) is 2. The summed E-state index contributed by atoms with van der Waals surface area (Å²) in [5, 5.41) is 11.5. The van der Waals surface area contributed by atoms with Crippen molar-refractivity contribution < 1.29 is 24.2 Å². The second-order valence-electron chi connectivity index (χ2n) is 8.56. The maximum absolute atomic E-state index is 13.4. The number of ether oxygens (including phenoxy) is 2. The van der Waals surface area contributed by atoms with Gasteiger partial charge in [-0.2, -0.15) is 0 Å². The number of carbonyl (C=O) groups is 2. The Balaban J connectivity index is 1.97. The zero-order valence-corrected chi connectivity index (χ0v) is 20.4.